The van der Waals surface area contributed by atoms with Crippen molar-refractivity contribution in [3.05, 3.63) is 41.2 Å². The van der Waals surface area contributed by atoms with Crippen LogP contribution < -0.4 is 11.1 Å². The summed E-state index contributed by atoms with van der Waals surface area (Å²) >= 11 is 0. The average Bonchev–Trinajstić information content (AvgIpc) is 2.75. The van der Waals surface area contributed by atoms with E-state index in [1.54, 1.807) is 6.92 Å². The molecule has 1 heterocycles. The quantitative estimate of drug-likeness (QED) is 0.816. The van der Waals surface area contributed by atoms with Gasteiger partial charge in [-0.15, -0.1) is 0 Å². The van der Waals surface area contributed by atoms with E-state index < -0.39 is 0 Å². The minimum Gasteiger partial charge on any atom is -0.334 e. The van der Waals surface area contributed by atoms with Gasteiger partial charge in [0.1, 0.15) is 0 Å². The maximum Gasteiger partial charge on any atom is 0.321 e. The van der Waals surface area contributed by atoms with Crippen LogP contribution in [0.5, 0.6) is 0 Å². The summed E-state index contributed by atoms with van der Waals surface area (Å²) in [6.07, 6.45) is 0.913. The number of benzene rings is 1. The van der Waals surface area contributed by atoms with E-state index in [4.69, 9.17) is 10.3 Å². The second-order valence-electron chi connectivity index (χ2n) is 3.86. The molecule has 0 spiro atoms. The first-order valence-corrected chi connectivity index (χ1v) is 5.60. The van der Waals surface area contributed by atoms with E-state index in [1.807, 2.05) is 0 Å². The zero-order valence-electron chi connectivity index (χ0n) is 9.81. The maximum absolute atomic E-state index is 5.50. The molecule has 3 N–H and O–H groups in total. The molecule has 0 radical (unpaired) electrons. The summed E-state index contributed by atoms with van der Waals surface area (Å²) in [6, 6.07) is 8.77. The zero-order valence-corrected chi connectivity index (χ0v) is 9.81. The van der Waals surface area contributed by atoms with Gasteiger partial charge in [-0.05, 0) is 31.0 Å². The van der Waals surface area contributed by atoms with Crippen LogP contribution in [0, 0.1) is 6.92 Å². The molecule has 90 valence electrons. The number of aromatic nitrogens is 2. The molecule has 0 fully saturated rings. The maximum atomic E-state index is 5.50. The van der Waals surface area contributed by atoms with Gasteiger partial charge in [-0.2, -0.15) is 4.98 Å². The van der Waals surface area contributed by atoms with Crippen molar-refractivity contribution in [3.8, 4) is 0 Å². The van der Waals surface area contributed by atoms with E-state index in [-0.39, 0.29) is 0 Å². The third-order valence-corrected chi connectivity index (χ3v) is 2.43. The minimum atomic E-state index is 0.452. The van der Waals surface area contributed by atoms with Crippen LogP contribution in [0.25, 0.3) is 0 Å². The molecule has 0 bridgehead atoms. The van der Waals surface area contributed by atoms with E-state index in [0.29, 0.717) is 24.9 Å². The average molecular weight is 232 g/mol. The highest BCUT2D eigenvalue weighted by molar-refractivity contribution is 5.27. The number of nitrogens with two attached hydrogens (primary N) is 1. The molecular weight excluding hydrogens is 216 g/mol. The second kappa shape index (κ2) is 5.45. The minimum absolute atomic E-state index is 0.452. The molecule has 1 aromatic heterocycles. The molecule has 0 atom stereocenters. The van der Waals surface area contributed by atoms with Crippen LogP contribution in [0.4, 0.5) is 6.01 Å². The van der Waals surface area contributed by atoms with E-state index in [0.717, 1.165) is 6.42 Å². The molecule has 2 aromatic rings. The predicted molar refractivity (Wildman–Crippen MR) is 65.6 cm³/mol. The Labute approximate surface area is 100 Å². The van der Waals surface area contributed by atoms with Crippen molar-refractivity contribution in [2.75, 3.05) is 11.9 Å². The first-order valence-electron chi connectivity index (χ1n) is 5.60. The normalized spacial score (nSPS) is 10.5. The van der Waals surface area contributed by atoms with E-state index >= 15 is 0 Å². The summed E-state index contributed by atoms with van der Waals surface area (Å²) in [5.74, 6) is 0.630. The lowest BCUT2D eigenvalue weighted by molar-refractivity contribution is 0.425. The molecule has 0 aliphatic heterocycles. The molecule has 5 nitrogen and oxygen atoms in total. The van der Waals surface area contributed by atoms with E-state index in [1.165, 1.54) is 11.1 Å². The molecule has 17 heavy (non-hydrogen) atoms. The topological polar surface area (TPSA) is 77.0 Å². The Morgan fingerprint density at radius 1 is 1.24 bits per heavy atom. The SMILES string of the molecule is Cc1noc(NCc2ccc(CCN)cc2)n1. The van der Waals surface area contributed by atoms with Gasteiger partial charge < -0.3 is 15.6 Å². The van der Waals surface area contributed by atoms with Gasteiger partial charge in [0.25, 0.3) is 0 Å². The van der Waals surface area contributed by atoms with Crippen molar-refractivity contribution in [1.82, 2.24) is 10.1 Å². The van der Waals surface area contributed by atoms with Gasteiger partial charge in [0.2, 0.25) is 0 Å². The Hall–Kier alpha value is -1.88. The standard InChI is InChI=1S/C12H16N4O/c1-9-15-12(17-16-9)14-8-11-4-2-10(3-5-11)6-7-13/h2-5H,6-8,13H2,1H3,(H,14,15,16). The molecule has 0 amide bonds. The molecule has 0 saturated carbocycles. The van der Waals surface area contributed by atoms with Crippen molar-refractivity contribution in [3.63, 3.8) is 0 Å². The van der Waals surface area contributed by atoms with Gasteiger partial charge in [-0.25, -0.2) is 0 Å². The molecule has 1 aromatic carbocycles. The highest BCUT2D eigenvalue weighted by Gasteiger charge is 2.01. The summed E-state index contributed by atoms with van der Waals surface area (Å²) in [6.45, 7) is 3.14. The van der Waals surface area contributed by atoms with Crippen LogP contribution in [-0.4, -0.2) is 16.7 Å². The van der Waals surface area contributed by atoms with Crippen molar-refractivity contribution < 1.29 is 4.52 Å². The lowest BCUT2D eigenvalue weighted by Crippen LogP contribution is -2.03. The zero-order chi connectivity index (χ0) is 12.1. The van der Waals surface area contributed by atoms with E-state index in [2.05, 4.69) is 39.7 Å². The van der Waals surface area contributed by atoms with Gasteiger partial charge in [0.05, 0.1) is 0 Å². The lowest BCUT2D eigenvalue weighted by atomic mass is 10.1. The highest BCUT2D eigenvalue weighted by Crippen LogP contribution is 2.08. The van der Waals surface area contributed by atoms with E-state index in [9.17, 15) is 0 Å². The number of anilines is 1. The van der Waals surface area contributed by atoms with Crippen LogP contribution in [0.2, 0.25) is 0 Å². The summed E-state index contributed by atoms with van der Waals surface area (Å²) in [7, 11) is 0. The van der Waals surface area contributed by atoms with Gasteiger partial charge >= 0.3 is 6.01 Å². The van der Waals surface area contributed by atoms with Crippen molar-refractivity contribution in [2.24, 2.45) is 5.73 Å². The summed E-state index contributed by atoms with van der Waals surface area (Å²) in [5.41, 5.74) is 7.92. The fraction of sp³-hybridized carbons (Fsp3) is 0.333. The molecular formula is C12H16N4O. The summed E-state index contributed by atoms with van der Waals surface area (Å²) < 4.78 is 4.96. The number of nitrogens with zero attached hydrogens (tertiary/aromatic N) is 2. The number of aryl methyl sites for hydroxylation is 1. The Morgan fingerprint density at radius 3 is 2.53 bits per heavy atom. The molecule has 2 rings (SSSR count). The fourth-order valence-electron chi connectivity index (χ4n) is 1.54. The van der Waals surface area contributed by atoms with Crippen molar-refractivity contribution in [1.29, 1.82) is 0 Å². The highest BCUT2D eigenvalue weighted by atomic mass is 16.5. The Balaban J connectivity index is 1.90. The van der Waals surface area contributed by atoms with Crippen LogP contribution in [0.15, 0.2) is 28.8 Å². The number of hydrogen-bond donors (Lipinski definition) is 2. The van der Waals surface area contributed by atoms with Crippen molar-refractivity contribution >= 4 is 6.01 Å². The molecule has 0 saturated heterocycles. The van der Waals surface area contributed by atoms with Crippen LogP contribution in [0.3, 0.4) is 0 Å². The number of hydrogen-bond acceptors (Lipinski definition) is 5. The van der Waals surface area contributed by atoms with Gasteiger partial charge in [0, 0.05) is 6.54 Å². The Kier molecular flexibility index (Phi) is 3.72. The van der Waals surface area contributed by atoms with Gasteiger partial charge in [-0.3, -0.25) is 0 Å². The summed E-state index contributed by atoms with van der Waals surface area (Å²) in [4.78, 5) is 4.07. The monoisotopic (exact) mass is 232 g/mol. The second-order valence-corrected chi connectivity index (χ2v) is 3.86. The Bertz CT molecular complexity index is 464. The van der Waals surface area contributed by atoms with Gasteiger partial charge in [-0.1, -0.05) is 29.4 Å². The van der Waals surface area contributed by atoms with Crippen molar-refractivity contribution in [2.45, 2.75) is 19.9 Å². The largest absolute Gasteiger partial charge is 0.334 e. The van der Waals surface area contributed by atoms with Crippen LogP contribution in [-0.2, 0) is 13.0 Å². The molecule has 0 aliphatic carbocycles. The lowest BCUT2D eigenvalue weighted by Gasteiger charge is -2.03. The Morgan fingerprint density at radius 2 is 1.94 bits per heavy atom. The molecule has 0 unspecified atom stereocenters. The first kappa shape index (κ1) is 11.6. The summed E-state index contributed by atoms with van der Waals surface area (Å²) in [5, 5.41) is 6.77. The molecule has 0 aliphatic rings. The number of rotatable bonds is 5. The predicted octanol–water partition coefficient (Wildman–Crippen LogP) is 1.49. The number of nitrogens with one attached hydrogen (secondary N) is 1. The third kappa shape index (κ3) is 3.29. The smallest absolute Gasteiger partial charge is 0.321 e. The molecule has 5 heteroatoms. The third-order valence-electron chi connectivity index (χ3n) is 2.43. The van der Waals surface area contributed by atoms with Crippen LogP contribution >= 0.6 is 0 Å². The first-order chi connectivity index (χ1) is 8.28. The fourth-order valence-corrected chi connectivity index (χ4v) is 1.54. The van der Waals surface area contributed by atoms with Crippen LogP contribution in [0.1, 0.15) is 17.0 Å². The van der Waals surface area contributed by atoms with Gasteiger partial charge in [0.15, 0.2) is 5.82 Å².